The summed E-state index contributed by atoms with van der Waals surface area (Å²) >= 11 is 4.13. The summed E-state index contributed by atoms with van der Waals surface area (Å²) in [4.78, 5) is 12.5. The van der Waals surface area contributed by atoms with Crippen LogP contribution in [-0.4, -0.2) is 51.0 Å². The number of imidazole rings is 1. The van der Waals surface area contributed by atoms with Gasteiger partial charge in [0.1, 0.15) is 17.7 Å². The van der Waals surface area contributed by atoms with E-state index in [1.807, 2.05) is 0 Å². The molecule has 0 aliphatic carbocycles. The number of hydrogen-bond donors (Lipinski definition) is 2. The van der Waals surface area contributed by atoms with Gasteiger partial charge in [0.25, 0.3) is 0 Å². The number of nitrogens with zero attached hydrogens (tertiary/aromatic N) is 4. The van der Waals surface area contributed by atoms with Crippen LogP contribution in [0.5, 0.6) is 0 Å². The summed E-state index contributed by atoms with van der Waals surface area (Å²) in [6.07, 6.45) is 1.24. The summed E-state index contributed by atoms with van der Waals surface area (Å²) in [5.41, 5.74) is 6.83. The molecule has 1 fully saturated rings. The van der Waals surface area contributed by atoms with Gasteiger partial charge in [-0.3, -0.25) is 13.6 Å². The Morgan fingerprint density at radius 3 is 2.66 bits per heavy atom. The number of ether oxygens (including phenoxy) is 2. The van der Waals surface area contributed by atoms with Gasteiger partial charge in [0.05, 0.1) is 24.7 Å². The van der Waals surface area contributed by atoms with Crippen LogP contribution in [0.25, 0.3) is 11.2 Å². The van der Waals surface area contributed by atoms with Crippen LogP contribution in [0.2, 0.25) is 0 Å². The van der Waals surface area contributed by atoms with E-state index in [1.165, 1.54) is 0 Å². The minimum atomic E-state index is -3.62. The van der Waals surface area contributed by atoms with Crippen LogP contribution in [0, 0.1) is 5.92 Å². The Morgan fingerprint density at radius 2 is 2.03 bits per heavy atom. The molecule has 10 nitrogen and oxygen atoms in total. The third kappa shape index (κ3) is 5.10. The first kappa shape index (κ1) is 22.5. The van der Waals surface area contributed by atoms with Gasteiger partial charge < -0.3 is 15.2 Å². The summed E-state index contributed by atoms with van der Waals surface area (Å²) in [6, 6.07) is 0. The van der Waals surface area contributed by atoms with Gasteiger partial charge in [-0.05, 0) is 26.2 Å². The lowest BCUT2D eigenvalue weighted by Gasteiger charge is -2.27. The smallest absolute Gasteiger partial charge is 0.374 e. The van der Waals surface area contributed by atoms with Crippen molar-refractivity contribution >= 4 is 36.2 Å². The van der Waals surface area contributed by atoms with Crippen molar-refractivity contribution < 1.29 is 23.1 Å². The van der Waals surface area contributed by atoms with Crippen LogP contribution in [0.3, 0.4) is 0 Å². The molecule has 2 N–H and O–H groups in total. The van der Waals surface area contributed by atoms with E-state index in [0.29, 0.717) is 23.5 Å². The molecule has 1 saturated heterocycles. The third-order valence-electron chi connectivity index (χ3n) is 4.47. The Kier molecular flexibility index (Phi) is 6.87. The predicted octanol–water partition coefficient (Wildman–Crippen LogP) is 3.22. The molecule has 1 aliphatic rings. The van der Waals surface area contributed by atoms with E-state index >= 15 is 0 Å². The summed E-state index contributed by atoms with van der Waals surface area (Å²) in [6.45, 7) is 4.05. The molecular formula is C17H28N5O5PS. The molecule has 0 aromatic carbocycles. The zero-order valence-corrected chi connectivity index (χ0v) is 18.9. The van der Waals surface area contributed by atoms with Crippen LogP contribution in [-0.2, 0) is 23.1 Å². The van der Waals surface area contributed by atoms with Crippen LogP contribution < -0.4 is 5.73 Å². The molecule has 2 aromatic rings. The van der Waals surface area contributed by atoms with Gasteiger partial charge in [-0.1, -0.05) is 26.1 Å². The van der Waals surface area contributed by atoms with E-state index in [2.05, 4.69) is 41.0 Å². The maximum absolute atomic E-state index is 12.8. The summed E-state index contributed by atoms with van der Waals surface area (Å²) < 4.78 is 37.7. The van der Waals surface area contributed by atoms with Crippen LogP contribution in [0.15, 0.2) is 12.5 Å². The van der Waals surface area contributed by atoms with Crippen molar-refractivity contribution in [2.75, 3.05) is 12.8 Å². The number of rotatable bonds is 8. The fraction of sp³-hybridized carbons (Fsp3) is 0.706. The van der Waals surface area contributed by atoms with E-state index in [-0.39, 0.29) is 12.1 Å². The van der Waals surface area contributed by atoms with Gasteiger partial charge in [-0.2, -0.15) is 4.98 Å². The predicted molar refractivity (Wildman–Crippen MR) is 112 cm³/mol. The minimum absolute atomic E-state index is 0.128. The highest BCUT2D eigenvalue weighted by molar-refractivity contribution is 8.44. The average molecular weight is 445 g/mol. The van der Waals surface area contributed by atoms with Gasteiger partial charge in [0.2, 0.25) is 5.95 Å². The quantitative estimate of drug-likeness (QED) is 0.465. The molecule has 3 heterocycles. The average Bonchev–Trinajstić information content (AvgIpc) is 3.13. The first-order valence-electron chi connectivity index (χ1n) is 9.44. The van der Waals surface area contributed by atoms with Crippen molar-refractivity contribution in [3.8, 4) is 0 Å². The highest BCUT2D eigenvalue weighted by Crippen LogP contribution is 2.57. The maximum atomic E-state index is 12.8. The second-order valence-electron chi connectivity index (χ2n) is 7.68. The highest BCUT2D eigenvalue weighted by Gasteiger charge is 2.50. The van der Waals surface area contributed by atoms with Crippen molar-refractivity contribution in [3.63, 3.8) is 0 Å². The lowest BCUT2D eigenvalue weighted by Crippen LogP contribution is -2.35. The fourth-order valence-electron chi connectivity index (χ4n) is 3.44. The van der Waals surface area contributed by atoms with Gasteiger partial charge in [0, 0.05) is 7.11 Å². The number of nitrogen functional groups attached to an aromatic ring is 1. The zero-order valence-electron chi connectivity index (χ0n) is 17.1. The number of nitrogens with two attached hydrogens (primary N) is 1. The second-order valence-corrected chi connectivity index (χ2v) is 10.5. The normalized spacial score (nSPS) is 27.2. The number of anilines is 1. The van der Waals surface area contributed by atoms with E-state index in [9.17, 15) is 4.57 Å². The molecule has 0 spiro atoms. The van der Waals surface area contributed by atoms with Gasteiger partial charge >= 0.3 is 6.80 Å². The Hall–Kier alpha value is -1.23. The topological polar surface area (TPSA) is 124 Å². The van der Waals surface area contributed by atoms with Gasteiger partial charge in [0.15, 0.2) is 11.9 Å². The number of thiol groups is 1. The largest absolute Gasteiger partial charge is 0.386 e. The van der Waals surface area contributed by atoms with Crippen LogP contribution in [0.1, 0.15) is 40.3 Å². The van der Waals surface area contributed by atoms with Crippen molar-refractivity contribution in [1.29, 1.82) is 0 Å². The fourth-order valence-corrected chi connectivity index (χ4v) is 5.47. The third-order valence-corrected chi connectivity index (χ3v) is 6.23. The second kappa shape index (κ2) is 8.87. The molecule has 2 aromatic heterocycles. The Bertz CT molecular complexity index is 894. The van der Waals surface area contributed by atoms with E-state index < -0.39 is 31.3 Å². The molecule has 3 rings (SSSR count). The molecule has 12 heteroatoms. The number of fused-ring (bicyclic) bond motifs is 1. The summed E-state index contributed by atoms with van der Waals surface area (Å²) in [5.74, 6) is 0.438. The first-order valence-corrected chi connectivity index (χ1v) is 12.1. The number of aromatic nitrogens is 4. The van der Waals surface area contributed by atoms with E-state index in [4.69, 9.17) is 24.3 Å². The number of methoxy groups -OCH3 is 1. The molecule has 0 bridgehead atoms. The molecule has 1 aliphatic heterocycles. The Balaban J connectivity index is 1.96. The van der Waals surface area contributed by atoms with Crippen LogP contribution >= 0.6 is 19.0 Å². The molecule has 1 unspecified atom stereocenters. The monoisotopic (exact) mass is 445 g/mol. The summed E-state index contributed by atoms with van der Waals surface area (Å²) in [5, 5.41) is 0. The van der Waals surface area contributed by atoms with E-state index in [1.54, 1.807) is 38.0 Å². The lowest BCUT2D eigenvalue weighted by molar-refractivity contribution is -0.0518. The molecule has 162 valence electrons. The standard InChI is InChI=1S/C17H28N5O5PS/c1-9(2)6-12-13(27-28(23,29)26-10(3)4)14(24-5)16(25-12)22-8-20-11-7-19-17(18)21-15(11)22/h7-10,12-14,16H,6H2,1-5H3,(H,23,29)(H2,18,19,21)/t12-,13+,14+,16-,28?/m1/s1. The highest BCUT2D eigenvalue weighted by atomic mass is 32.7. The number of hydrogen-bond acceptors (Lipinski definition) is 9. The molecule has 0 amide bonds. The summed E-state index contributed by atoms with van der Waals surface area (Å²) in [7, 11) is 1.55. The van der Waals surface area contributed by atoms with Crippen molar-refractivity contribution in [3.05, 3.63) is 12.5 Å². The molecular weight excluding hydrogens is 417 g/mol. The first-order chi connectivity index (χ1) is 13.6. The molecule has 5 atom stereocenters. The van der Waals surface area contributed by atoms with Gasteiger partial charge in [-0.25, -0.2) is 14.5 Å². The van der Waals surface area contributed by atoms with Crippen molar-refractivity contribution in [1.82, 2.24) is 19.5 Å². The van der Waals surface area contributed by atoms with Crippen molar-refractivity contribution in [2.45, 2.75) is 64.8 Å². The van der Waals surface area contributed by atoms with Gasteiger partial charge in [-0.15, -0.1) is 0 Å². The molecule has 0 saturated carbocycles. The SMILES string of the molecule is CO[C@H]1[C@@H](OP(=O)(S)OC(C)C)[C@@H](CC(C)C)O[C@H]1n1cnc2cnc(N)nc21. The zero-order chi connectivity index (χ0) is 21.3. The lowest BCUT2D eigenvalue weighted by atomic mass is 10.0. The minimum Gasteiger partial charge on any atom is -0.374 e. The maximum Gasteiger partial charge on any atom is 0.386 e. The van der Waals surface area contributed by atoms with Crippen LogP contribution in [0.4, 0.5) is 5.95 Å². The Morgan fingerprint density at radius 1 is 1.31 bits per heavy atom. The Labute approximate surface area is 175 Å². The molecule has 29 heavy (non-hydrogen) atoms. The van der Waals surface area contributed by atoms with Crippen molar-refractivity contribution in [2.24, 2.45) is 5.92 Å². The molecule has 0 radical (unpaired) electrons. The van der Waals surface area contributed by atoms with E-state index in [0.717, 1.165) is 0 Å².